The van der Waals surface area contributed by atoms with Crippen molar-refractivity contribution in [1.29, 1.82) is 0 Å². The highest BCUT2D eigenvalue weighted by atomic mass is 35.5. The van der Waals surface area contributed by atoms with E-state index < -0.39 is 0 Å². The molecule has 102 valence electrons. The zero-order valence-electron chi connectivity index (χ0n) is 11.5. The Balaban J connectivity index is 2.47. The summed E-state index contributed by atoms with van der Waals surface area (Å²) in [6, 6.07) is 1.69. The Bertz CT molecular complexity index is 359. The summed E-state index contributed by atoms with van der Waals surface area (Å²) in [5.74, 6) is 0.893. The van der Waals surface area contributed by atoms with Gasteiger partial charge in [0.2, 0.25) is 5.95 Å². The minimum absolute atomic E-state index is 0.203. The van der Waals surface area contributed by atoms with Gasteiger partial charge in [0.1, 0.15) is 11.0 Å². The fourth-order valence-corrected chi connectivity index (χ4v) is 1.99. The molecule has 18 heavy (non-hydrogen) atoms. The number of unbranched alkanes of at least 4 members (excludes halogenated alkanes) is 2. The minimum atomic E-state index is 0.203. The topological polar surface area (TPSA) is 63.8 Å². The number of aromatic nitrogens is 2. The van der Waals surface area contributed by atoms with Gasteiger partial charge >= 0.3 is 0 Å². The molecule has 5 heteroatoms. The number of rotatable bonds is 7. The van der Waals surface area contributed by atoms with Crippen molar-refractivity contribution in [2.75, 3.05) is 17.6 Å². The van der Waals surface area contributed by atoms with Crippen LogP contribution < -0.4 is 11.1 Å². The lowest BCUT2D eigenvalue weighted by molar-refractivity contribution is 0.342. The lowest BCUT2D eigenvalue weighted by atomic mass is 9.87. The van der Waals surface area contributed by atoms with Crippen molar-refractivity contribution in [2.45, 2.75) is 46.5 Å². The Morgan fingerprint density at radius 3 is 2.67 bits per heavy atom. The molecule has 0 radical (unpaired) electrons. The van der Waals surface area contributed by atoms with Crippen LogP contribution in [0.1, 0.15) is 46.5 Å². The van der Waals surface area contributed by atoms with Crippen LogP contribution in [0.3, 0.4) is 0 Å². The van der Waals surface area contributed by atoms with Gasteiger partial charge in [-0.2, -0.15) is 4.98 Å². The summed E-state index contributed by atoms with van der Waals surface area (Å²) in [5, 5.41) is 3.65. The first-order valence-electron chi connectivity index (χ1n) is 6.47. The molecular formula is C13H23ClN4. The highest BCUT2D eigenvalue weighted by Crippen LogP contribution is 2.24. The molecule has 0 saturated carbocycles. The summed E-state index contributed by atoms with van der Waals surface area (Å²) in [6.45, 7) is 7.57. The summed E-state index contributed by atoms with van der Waals surface area (Å²) in [5.41, 5.74) is 5.79. The fourth-order valence-electron chi connectivity index (χ4n) is 1.80. The van der Waals surface area contributed by atoms with Gasteiger partial charge in [-0.05, 0) is 11.8 Å². The summed E-state index contributed by atoms with van der Waals surface area (Å²) < 4.78 is 0. The standard InChI is InChI=1S/C13H23ClN4/c1-4-5-6-7-13(2,3)9-16-11-8-10(14)17-12(15)18-11/h8H,4-7,9H2,1-3H3,(H3,15,16,17,18). The third kappa shape index (κ3) is 5.54. The van der Waals surface area contributed by atoms with Crippen molar-refractivity contribution in [3.05, 3.63) is 11.2 Å². The molecule has 0 fully saturated rings. The van der Waals surface area contributed by atoms with Gasteiger partial charge in [-0.3, -0.25) is 0 Å². The molecule has 4 nitrogen and oxygen atoms in total. The second-order valence-electron chi connectivity index (χ2n) is 5.41. The predicted octanol–water partition coefficient (Wildman–Crippen LogP) is 3.73. The lowest BCUT2D eigenvalue weighted by Crippen LogP contribution is -2.23. The van der Waals surface area contributed by atoms with Crippen molar-refractivity contribution < 1.29 is 0 Å². The Labute approximate surface area is 114 Å². The summed E-state index contributed by atoms with van der Waals surface area (Å²) >= 11 is 5.83. The maximum atomic E-state index is 5.83. The number of hydrogen-bond acceptors (Lipinski definition) is 4. The second kappa shape index (κ2) is 6.78. The molecule has 0 aliphatic heterocycles. The molecule has 0 atom stereocenters. The number of halogens is 1. The van der Waals surface area contributed by atoms with Crippen molar-refractivity contribution in [3.63, 3.8) is 0 Å². The molecule has 0 aromatic carbocycles. The van der Waals surface area contributed by atoms with Gasteiger partial charge in [0, 0.05) is 12.6 Å². The van der Waals surface area contributed by atoms with Crippen molar-refractivity contribution in [1.82, 2.24) is 9.97 Å². The van der Waals surface area contributed by atoms with Crippen LogP contribution in [-0.4, -0.2) is 16.5 Å². The van der Waals surface area contributed by atoms with Crippen LogP contribution in [0.4, 0.5) is 11.8 Å². The predicted molar refractivity (Wildman–Crippen MR) is 77.9 cm³/mol. The first-order valence-corrected chi connectivity index (χ1v) is 6.85. The normalized spacial score (nSPS) is 11.6. The van der Waals surface area contributed by atoms with Crippen molar-refractivity contribution in [3.8, 4) is 0 Å². The maximum absolute atomic E-state index is 5.83. The summed E-state index contributed by atoms with van der Waals surface area (Å²) in [6.07, 6.45) is 5.00. The van der Waals surface area contributed by atoms with E-state index in [2.05, 4.69) is 36.1 Å². The quantitative estimate of drug-likeness (QED) is 0.585. The molecule has 0 amide bonds. The van der Waals surface area contributed by atoms with Crippen LogP contribution in [0.15, 0.2) is 6.07 Å². The zero-order chi connectivity index (χ0) is 13.6. The molecule has 0 spiro atoms. The van der Waals surface area contributed by atoms with Crippen LogP contribution in [0, 0.1) is 5.41 Å². The largest absolute Gasteiger partial charge is 0.369 e. The molecule has 1 rings (SSSR count). The maximum Gasteiger partial charge on any atom is 0.223 e. The molecule has 1 aromatic heterocycles. The number of nitrogens with zero attached hydrogens (tertiary/aromatic N) is 2. The van der Waals surface area contributed by atoms with Gasteiger partial charge in [-0.1, -0.05) is 51.6 Å². The van der Waals surface area contributed by atoms with Crippen LogP contribution in [0.5, 0.6) is 0 Å². The van der Waals surface area contributed by atoms with E-state index in [4.69, 9.17) is 17.3 Å². The Hall–Kier alpha value is -1.03. The Morgan fingerprint density at radius 1 is 1.33 bits per heavy atom. The molecule has 0 unspecified atom stereocenters. The fraction of sp³-hybridized carbons (Fsp3) is 0.692. The van der Waals surface area contributed by atoms with E-state index in [1.54, 1.807) is 6.07 Å². The SMILES string of the molecule is CCCCCC(C)(C)CNc1cc(Cl)nc(N)n1. The zero-order valence-corrected chi connectivity index (χ0v) is 12.2. The van der Waals surface area contributed by atoms with E-state index in [1.165, 1.54) is 25.7 Å². The van der Waals surface area contributed by atoms with Gasteiger partial charge in [0.05, 0.1) is 0 Å². The van der Waals surface area contributed by atoms with E-state index in [1.807, 2.05) is 0 Å². The molecular weight excluding hydrogens is 248 g/mol. The molecule has 0 aliphatic rings. The monoisotopic (exact) mass is 270 g/mol. The Morgan fingerprint density at radius 2 is 2.06 bits per heavy atom. The number of anilines is 2. The lowest BCUT2D eigenvalue weighted by Gasteiger charge is -2.25. The number of nitrogens with one attached hydrogen (secondary N) is 1. The summed E-state index contributed by atoms with van der Waals surface area (Å²) in [4.78, 5) is 7.94. The third-order valence-corrected chi connectivity index (χ3v) is 3.11. The van der Waals surface area contributed by atoms with E-state index >= 15 is 0 Å². The van der Waals surface area contributed by atoms with Crippen molar-refractivity contribution >= 4 is 23.4 Å². The van der Waals surface area contributed by atoms with Gasteiger partial charge < -0.3 is 11.1 Å². The molecule has 0 aliphatic carbocycles. The minimum Gasteiger partial charge on any atom is -0.369 e. The molecule has 1 heterocycles. The smallest absolute Gasteiger partial charge is 0.223 e. The first kappa shape index (κ1) is 15.0. The molecule has 1 aromatic rings. The van der Waals surface area contributed by atoms with Crippen LogP contribution in [-0.2, 0) is 0 Å². The van der Waals surface area contributed by atoms with Crippen LogP contribution in [0.2, 0.25) is 5.15 Å². The number of nitrogens with two attached hydrogens (primary N) is 1. The average Bonchev–Trinajstić information content (AvgIpc) is 2.25. The third-order valence-electron chi connectivity index (χ3n) is 2.92. The van der Waals surface area contributed by atoms with E-state index in [-0.39, 0.29) is 11.4 Å². The van der Waals surface area contributed by atoms with E-state index in [0.717, 1.165) is 6.54 Å². The van der Waals surface area contributed by atoms with E-state index in [0.29, 0.717) is 11.0 Å². The average molecular weight is 271 g/mol. The second-order valence-corrected chi connectivity index (χ2v) is 5.80. The molecule has 0 bridgehead atoms. The highest BCUT2D eigenvalue weighted by Gasteiger charge is 2.17. The van der Waals surface area contributed by atoms with Gasteiger partial charge in [0.15, 0.2) is 0 Å². The molecule has 0 saturated heterocycles. The van der Waals surface area contributed by atoms with Crippen LogP contribution >= 0.6 is 11.6 Å². The summed E-state index contributed by atoms with van der Waals surface area (Å²) in [7, 11) is 0. The van der Waals surface area contributed by atoms with Crippen molar-refractivity contribution in [2.24, 2.45) is 5.41 Å². The van der Waals surface area contributed by atoms with Gasteiger partial charge in [0.25, 0.3) is 0 Å². The molecule has 3 N–H and O–H groups in total. The van der Waals surface area contributed by atoms with Gasteiger partial charge in [-0.15, -0.1) is 0 Å². The number of hydrogen-bond donors (Lipinski definition) is 2. The number of nitrogen functional groups attached to an aromatic ring is 1. The Kier molecular flexibility index (Phi) is 5.66. The van der Waals surface area contributed by atoms with Gasteiger partial charge in [-0.25, -0.2) is 4.98 Å². The van der Waals surface area contributed by atoms with E-state index in [9.17, 15) is 0 Å². The highest BCUT2D eigenvalue weighted by molar-refractivity contribution is 6.29. The first-order chi connectivity index (χ1) is 8.43. The van der Waals surface area contributed by atoms with Crippen LogP contribution in [0.25, 0.3) is 0 Å².